The molecule has 2 N–H and O–H groups in total. The minimum atomic E-state index is 0.0307. The lowest BCUT2D eigenvalue weighted by Crippen LogP contribution is -2.47. The molecule has 0 aliphatic carbocycles. The van der Waals surface area contributed by atoms with Gasteiger partial charge in [-0.2, -0.15) is 15.1 Å². The number of imidazole rings is 1. The van der Waals surface area contributed by atoms with E-state index in [9.17, 15) is 5.11 Å². The molecular formula is C24H31N9O2. The first-order chi connectivity index (χ1) is 17.1. The van der Waals surface area contributed by atoms with Gasteiger partial charge in [-0.3, -0.25) is 0 Å². The first-order valence-corrected chi connectivity index (χ1v) is 12.0. The van der Waals surface area contributed by atoms with Gasteiger partial charge < -0.3 is 24.6 Å². The number of aryl methyl sites for hydroxylation is 3. The number of anilines is 2. The molecule has 1 aliphatic heterocycles. The third kappa shape index (κ3) is 4.69. The molecule has 4 aromatic rings. The van der Waals surface area contributed by atoms with E-state index in [4.69, 9.17) is 14.7 Å². The molecule has 0 spiro atoms. The third-order valence-corrected chi connectivity index (χ3v) is 6.24. The van der Waals surface area contributed by atoms with Crippen molar-refractivity contribution in [2.75, 3.05) is 36.6 Å². The summed E-state index contributed by atoms with van der Waals surface area (Å²) >= 11 is 0. The molecule has 4 aromatic heterocycles. The van der Waals surface area contributed by atoms with E-state index in [2.05, 4.69) is 32.2 Å². The molecule has 1 saturated heterocycles. The Bertz CT molecular complexity index is 1300. The van der Waals surface area contributed by atoms with E-state index >= 15 is 0 Å². The molecule has 11 nitrogen and oxygen atoms in total. The number of hydrogen-bond donors (Lipinski definition) is 2. The summed E-state index contributed by atoms with van der Waals surface area (Å²) in [4.78, 5) is 21.0. The minimum absolute atomic E-state index is 0.0307. The van der Waals surface area contributed by atoms with Crippen molar-refractivity contribution < 1.29 is 9.84 Å². The summed E-state index contributed by atoms with van der Waals surface area (Å²) < 4.78 is 9.49. The van der Waals surface area contributed by atoms with Crippen molar-refractivity contribution in [3.8, 4) is 5.82 Å². The maximum absolute atomic E-state index is 9.52. The number of aromatic nitrogens is 7. The standard InChI is InChI=1S/C24H31N9O2/c1-4-31-15-27-21-22(28-24(29-23(21)31)32-8-10-35-14-19(32)7-9-34)26-13-18-5-6-20(25-12-18)33-17(3)11-16(2)30-33/h5-6,11-12,15,19,34H,4,7-10,13-14H2,1-3H3,(H,26,28,29). The monoisotopic (exact) mass is 477 g/mol. The quantitative estimate of drug-likeness (QED) is 0.394. The van der Waals surface area contributed by atoms with E-state index in [1.165, 1.54) is 0 Å². The lowest BCUT2D eigenvalue weighted by molar-refractivity contribution is 0.0841. The average molecular weight is 478 g/mol. The largest absolute Gasteiger partial charge is 0.396 e. The van der Waals surface area contributed by atoms with Gasteiger partial charge in [0, 0.05) is 38.1 Å². The van der Waals surface area contributed by atoms with Crippen molar-refractivity contribution in [1.29, 1.82) is 0 Å². The van der Waals surface area contributed by atoms with Crippen LogP contribution in [-0.2, 0) is 17.8 Å². The zero-order chi connectivity index (χ0) is 24.4. The number of aliphatic hydroxyl groups is 1. The summed E-state index contributed by atoms with van der Waals surface area (Å²) in [5.41, 5.74) is 4.54. The van der Waals surface area contributed by atoms with Crippen molar-refractivity contribution in [1.82, 2.24) is 34.3 Å². The average Bonchev–Trinajstić information content (AvgIpc) is 3.45. The maximum Gasteiger partial charge on any atom is 0.229 e. The number of ether oxygens (including phenoxy) is 1. The molecule has 11 heteroatoms. The van der Waals surface area contributed by atoms with Gasteiger partial charge in [-0.25, -0.2) is 14.6 Å². The van der Waals surface area contributed by atoms with Gasteiger partial charge in [0.05, 0.1) is 31.3 Å². The number of pyridine rings is 1. The van der Waals surface area contributed by atoms with E-state index in [1.807, 2.05) is 47.5 Å². The van der Waals surface area contributed by atoms with Gasteiger partial charge in [0.15, 0.2) is 22.8 Å². The van der Waals surface area contributed by atoms with Crippen LogP contribution in [0.2, 0.25) is 0 Å². The Morgan fingerprint density at radius 3 is 2.80 bits per heavy atom. The predicted octanol–water partition coefficient (Wildman–Crippen LogP) is 2.24. The van der Waals surface area contributed by atoms with Crippen molar-refractivity contribution in [3.05, 3.63) is 47.7 Å². The molecule has 1 aliphatic rings. The van der Waals surface area contributed by atoms with E-state index < -0.39 is 0 Å². The van der Waals surface area contributed by atoms with Crippen LogP contribution < -0.4 is 10.2 Å². The lowest BCUT2D eigenvalue weighted by Gasteiger charge is -2.35. The molecule has 0 saturated carbocycles. The van der Waals surface area contributed by atoms with Crippen LogP contribution in [0.1, 0.15) is 30.3 Å². The van der Waals surface area contributed by atoms with E-state index in [-0.39, 0.29) is 12.6 Å². The summed E-state index contributed by atoms with van der Waals surface area (Å²) in [5, 5.41) is 17.5. The topological polar surface area (TPSA) is 119 Å². The summed E-state index contributed by atoms with van der Waals surface area (Å²) in [6.07, 6.45) is 4.25. The Hall–Kier alpha value is -3.57. The summed E-state index contributed by atoms with van der Waals surface area (Å²) in [5.74, 6) is 2.08. The van der Waals surface area contributed by atoms with Crippen LogP contribution in [-0.4, -0.2) is 71.8 Å². The molecule has 5 heterocycles. The SMILES string of the molecule is CCn1cnc2c(NCc3ccc(-n4nc(C)cc4C)nc3)nc(N3CCOCC3CCO)nc21. The predicted molar refractivity (Wildman–Crippen MR) is 133 cm³/mol. The molecule has 0 bridgehead atoms. The summed E-state index contributed by atoms with van der Waals surface area (Å²) in [7, 11) is 0. The van der Waals surface area contributed by atoms with Crippen LogP contribution in [0.4, 0.5) is 11.8 Å². The molecule has 1 fully saturated rings. The molecule has 35 heavy (non-hydrogen) atoms. The second-order valence-electron chi connectivity index (χ2n) is 8.73. The van der Waals surface area contributed by atoms with Crippen LogP contribution in [0.25, 0.3) is 17.0 Å². The van der Waals surface area contributed by atoms with Gasteiger partial charge in [-0.1, -0.05) is 6.07 Å². The fourth-order valence-corrected chi connectivity index (χ4v) is 4.42. The van der Waals surface area contributed by atoms with E-state index in [0.717, 1.165) is 40.5 Å². The van der Waals surface area contributed by atoms with Crippen LogP contribution in [0.5, 0.6) is 0 Å². The number of morpholine rings is 1. The minimum Gasteiger partial charge on any atom is -0.396 e. The normalized spacial score (nSPS) is 16.2. The van der Waals surface area contributed by atoms with Crippen LogP contribution in [0.3, 0.4) is 0 Å². The van der Waals surface area contributed by atoms with Crippen LogP contribution >= 0.6 is 0 Å². The lowest BCUT2D eigenvalue weighted by atomic mass is 10.2. The zero-order valence-electron chi connectivity index (χ0n) is 20.3. The zero-order valence-corrected chi connectivity index (χ0v) is 20.3. The van der Waals surface area contributed by atoms with Crippen molar-refractivity contribution in [2.24, 2.45) is 0 Å². The molecule has 0 radical (unpaired) electrons. The number of fused-ring (bicyclic) bond motifs is 1. The van der Waals surface area contributed by atoms with Gasteiger partial charge in [0.2, 0.25) is 5.95 Å². The second kappa shape index (κ2) is 9.96. The van der Waals surface area contributed by atoms with Crippen LogP contribution in [0.15, 0.2) is 30.7 Å². The van der Waals surface area contributed by atoms with E-state index in [0.29, 0.717) is 44.5 Å². The van der Waals surface area contributed by atoms with Gasteiger partial charge in [0.25, 0.3) is 0 Å². The first kappa shape index (κ1) is 23.2. The summed E-state index contributed by atoms with van der Waals surface area (Å²) in [6.45, 7) is 9.27. The molecule has 0 amide bonds. The Balaban J connectivity index is 1.41. The Labute approximate surface area is 203 Å². The summed E-state index contributed by atoms with van der Waals surface area (Å²) in [6, 6.07) is 6.07. The number of rotatable bonds is 8. The second-order valence-corrected chi connectivity index (χ2v) is 8.73. The van der Waals surface area contributed by atoms with Crippen molar-refractivity contribution >= 4 is 22.9 Å². The van der Waals surface area contributed by atoms with Gasteiger partial charge >= 0.3 is 0 Å². The van der Waals surface area contributed by atoms with Crippen molar-refractivity contribution in [2.45, 2.75) is 46.3 Å². The molecule has 1 unspecified atom stereocenters. The number of nitrogens with zero attached hydrogens (tertiary/aromatic N) is 8. The fraction of sp³-hybridized carbons (Fsp3) is 0.458. The maximum atomic E-state index is 9.52. The highest BCUT2D eigenvalue weighted by atomic mass is 16.5. The Morgan fingerprint density at radius 1 is 1.20 bits per heavy atom. The van der Waals surface area contributed by atoms with Crippen LogP contribution in [0, 0.1) is 13.8 Å². The van der Waals surface area contributed by atoms with Gasteiger partial charge in [-0.05, 0) is 44.9 Å². The molecule has 184 valence electrons. The molecular weight excluding hydrogens is 446 g/mol. The number of hydrogen-bond acceptors (Lipinski definition) is 9. The molecule has 1 atom stereocenters. The van der Waals surface area contributed by atoms with Gasteiger partial charge in [-0.15, -0.1) is 0 Å². The highest BCUT2D eigenvalue weighted by Crippen LogP contribution is 2.26. The Kier molecular flexibility index (Phi) is 6.60. The highest BCUT2D eigenvalue weighted by molar-refractivity contribution is 5.84. The molecule has 5 rings (SSSR count). The fourth-order valence-electron chi connectivity index (χ4n) is 4.42. The number of aliphatic hydroxyl groups excluding tert-OH is 1. The number of nitrogens with one attached hydrogen (secondary N) is 1. The van der Waals surface area contributed by atoms with Gasteiger partial charge in [0.1, 0.15) is 0 Å². The molecule has 0 aromatic carbocycles. The third-order valence-electron chi connectivity index (χ3n) is 6.24. The Morgan fingerprint density at radius 2 is 2.09 bits per heavy atom. The van der Waals surface area contributed by atoms with Crippen molar-refractivity contribution in [3.63, 3.8) is 0 Å². The smallest absolute Gasteiger partial charge is 0.229 e. The first-order valence-electron chi connectivity index (χ1n) is 12.0. The van der Waals surface area contributed by atoms with E-state index in [1.54, 1.807) is 6.33 Å². The highest BCUT2D eigenvalue weighted by Gasteiger charge is 2.26.